The van der Waals surface area contributed by atoms with Crippen LogP contribution in [0.5, 0.6) is 5.75 Å². The summed E-state index contributed by atoms with van der Waals surface area (Å²) in [6, 6.07) is 13.5. The quantitative estimate of drug-likeness (QED) is 0.765. The first kappa shape index (κ1) is 17.5. The van der Waals surface area contributed by atoms with Crippen LogP contribution in [0.3, 0.4) is 0 Å². The van der Waals surface area contributed by atoms with Crippen molar-refractivity contribution in [3.8, 4) is 5.75 Å². The van der Waals surface area contributed by atoms with Crippen LogP contribution in [0, 0.1) is 0 Å². The molecule has 0 heterocycles. The molecule has 2 N–H and O–H groups in total. The van der Waals surface area contributed by atoms with Crippen molar-refractivity contribution in [2.75, 3.05) is 32.7 Å². The van der Waals surface area contributed by atoms with Crippen LogP contribution in [0.15, 0.2) is 48.5 Å². The summed E-state index contributed by atoms with van der Waals surface area (Å²) >= 11 is 0. The van der Waals surface area contributed by atoms with E-state index in [0.29, 0.717) is 30.0 Å². The van der Waals surface area contributed by atoms with Crippen molar-refractivity contribution < 1.29 is 19.1 Å². The normalized spacial score (nSPS) is 10.1. The molecule has 2 aromatic carbocycles. The molecule has 2 aromatic rings. The zero-order valence-corrected chi connectivity index (χ0v) is 13.7. The molecular weight excluding hydrogens is 308 g/mol. The van der Waals surface area contributed by atoms with Gasteiger partial charge < -0.3 is 20.1 Å². The van der Waals surface area contributed by atoms with Crippen LogP contribution in [0.1, 0.15) is 20.7 Å². The second kappa shape index (κ2) is 8.69. The van der Waals surface area contributed by atoms with E-state index in [1.165, 1.54) is 0 Å². The number of nitrogens with one attached hydrogen (secondary N) is 2. The van der Waals surface area contributed by atoms with Crippen LogP contribution in [-0.4, -0.2) is 39.2 Å². The zero-order valence-electron chi connectivity index (χ0n) is 13.7. The largest absolute Gasteiger partial charge is 0.497 e. The second-order valence-corrected chi connectivity index (χ2v) is 5.01. The molecule has 0 radical (unpaired) electrons. The van der Waals surface area contributed by atoms with E-state index in [9.17, 15) is 9.59 Å². The first-order valence-electron chi connectivity index (χ1n) is 7.46. The Kier molecular flexibility index (Phi) is 6.33. The number of amides is 2. The fourth-order valence-electron chi connectivity index (χ4n) is 2.02. The van der Waals surface area contributed by atoms with E-state index in [2.05, 4.69) is 10.6 Å². The monoisotopic (exact) mass is 328 g/mol. The van der Waals surface area contributed by atoms with Gasteiger partial charge in [0, 0.05) is 30.5 Å². The highest BCUT2D eigenvalue weighted by Crippen LogP contribution is 2.16. The third-order valence-corrected chi connectivity index (χ3v) is 3.35. The van der Waals surface area contributed by atoms with Crippen molar-refractivity contribution >= 4 is 17.5 Å². The van der Waals surface area contributed by atoms with Crippen LogP contribution in [-0.2, 0) is 4.74 Å². The highest BCUT2D eigenvalue weighted by Gasteiger charge is 2.09. The van der Waals surface area contributed by atoms with E-state index in [1.807, 2.05) is 0 Å². The van der Waals surface area contributed by atoms with Crippen molar-refractivity contribution in [3.63, 3.8) is 0 Å². The van der Waals surface area contributed by atoms with Crippen LogP contribution < -0.4 is 15.4 Å². The second-order valence-electron chi connectivity index (χ2n) is 5.01. The molecule has 0 fully saturated rings. The number of hydrogen-bond donors (Lipinski definition) is 2. The molecule has 0 bridgehead atoms. The van der Waals surface area contributed by atoms with Crippen molar-refractivity contribution in [2.45, 2.75) is 0 Å². The Morgan fingerprint density at radius 3 is 2.00 bits per heavy atom. The highest BCUT2D eigenvalue weighted by molar-refractivity contribution is 6.05. The molecule has 24 heavy (non-hydrogen) atoms. The van der Waals surface area contributed by atoms with Crippen molar-refractivity contribution in [3.05, 3.63) is 59.7 Å². The number of anilines is 1. The van der Waals surface area contributed by atoms with E-state index in [4.69, 9.17) is 9.47 Å². The first-order valence-corrected chi connectivity index (χ1v) is 7.46. The molecule has 0 saturated carbocycles. The molecule has 0 unspecified atom stereocenters. The predicted octanol–water partition coefficient (Wildman–Crippen LogP) is 2.32. The van der Waals surface area contributed by atoms with Gasteiger partial charge in [0.05, 0.1) is 13.7 Å². The summed E-state index contributed by atoms with van der Waals surface area (Å²) in [6.07, 6.45) is 0. The summed E-state index contributed by atoms with van der Waals surface area (Å²) in [4.78, 5) is 24.1. The SMILES string of the molecule is COCCNC(=O)c1ccc(C(=O)Nc2ccc(OC)cc2)cc1. The van der Waals surface area contributed by atoms with Gasteiger partial charge in [0.25, 0.3) is 11.8 Å². The lowest BCUT2D eigenvalue weighted by Crippen LogP contribution is -2.26. The van der Waals surface area contributed by atoms with Gasteiger partial charge in [0.1, 0.15) is 5.75 Å². The van der Waals surface area contributed by atoms with Gasteiger partial charge in [-0.15, -0.1) is 0 Å². The average molecular weight is 328 g/mol. The van der Waals surface area contributed by atoms with Crippen LogP contribution in [0.25, 0.3) is 0 Å². The molecule has 2 rings (SSSR count). The van der Waals surface area contributed by atoms with Gasteiger partial charge in [-0.3, -0.25) is 9.59 Å². The van der Waals surface area contributed by atoms with E-state index in [0.717, 1.165) is 5.75 Å². The van der Waals surface area contributed by atoms with E-state index < -0.39 is 0 Å². The van der Waals surface area contributed by atoms with Crippen molar-refractivity contribution in [1.29, 1.82) is 0 Å². The molecule has 126 valence electrons. The Balaban J connectivity index is 1.96. The molecule has 6 heteroatoms. The maximum Gasteiger partial charge on any atom is 0.255 e. The molecular formula is C18H20N2O4. The summed E-state index contributed by atoms with van der Waals surface area (Å²) in [5.74, 6) is 0.275. The molecule has 0 atom stereocenters. The lowest BCUT2D eigenvalue weighted by atomic mass is 10.1. The molecule has 0 saturated heterocycles. The van der Waals surface area contributed by atoms with Crippen LogP contribution in [0.4, 0.5) is 5.69 Å². The Morgan fingerprint density at radius 1 is 0.875 bits per heavy atom. The lowest BCUT2D eigenvalue weighted by Gasteiger charge is -2.08. The van der Waals surface area contributed by atoms with Gasteiger partial charge in [-0.25, -0.2) is 0 Å². The number of carbonyl (C=O) groups excluding carboxylic acids is 2. The number of hydrogen-bond acceptors (Lipinski definition) is 4. The van der Waals surface area contributed by atoms with Gasteiger partial charge in [0.2, 0.25) is 0 Å². The summed E-state index contributed by atoms with van der Waals surface area (Å²) in [5.41, 5.74) is 1.63. The Labute approximate surface area is 140 Å². The Hall–Kier alpha value is -2.86. The number of ether oxygens (including phenoxy) is 2. The van der Waals surface area contributed by atoms with Gasteiger partial charge in [-0.1, -0.05) is 0 Å². The third-order valence-electron chi connectivity index (χ3n) is 3.35. The summed E-state index contributed by atoms with van der Waals surface area (Å²) in [7, 11) is 3.16. The van der Waals surface area contributed by atoms with Gasteiger partial charge in [0.15, 0.2) is 0 Å². The molecule has 6 nitrogen and oxygen atoms in total. The zero-order chi connectivity index (χ0) is 17.4. The van der Waals surface area contributed by atoms with Crippen LogP contribution in [0.2, 0.25) is 0 Å². The molecule has 0 aromatic heterocycles. The van der Waals surface area contributed by atoms with Gasteiger partial charge in [-0.2, -0.15) is 0 Å². The maximum atomic E-state index is 12.2. The van der Waals surface area contributed by atoms with Gasteiger partial charge >= 0.3 is 0 Å². The molecule has 0 aliphatic carbocycles. The number of methoxy groups -OCH3 is 2. The van der Waals surface area contributed by atoms with Crippen molar-refractivity contribution in [2.24, 2.45) is 0 Å². The number of rotatable bonds is 7. The molecule has 0 aliphatic rings. The van der Waals surface area contributed by atoms with Gasteiger partial charge in [-0.05, 0) is 48.5 Å². The molecule has 0 aliphatic heterocycles. The minimum Gasteiger partial charge on any atom is -0.497 e. The third kappa shape index (κ3) is 4.82. The number of benzene rings is 2. The van der Waals surface area contributed by atoms with E-state index >= 15 is 0 Å². The maximum absolute atomic E-state index is 12.2. The summed E-state index contributed by atoms with van der Waals surface area (Å²) < 4.78 is 9.95. The minimum atomic E-state index is -0.244. The predicted molar refractivity (Wildman–Crippen MR) is 91.6 cm³/mol. The molecule has 2 amide bonds. The average Bonchev–Trinajstić information content (AvgIpc) is 2.62. The lowest BCUT2D eigenvalue weighted by molar-refractivity contribution is 0.0935. The minimum absolute atomic E-state index is 0.200. The number of carbonyl (C=O) groups is 2. The fraction of sp³-hybridized carbons (Fsp3) is 0.222. The standard InChI is InChI=1S/C18H20N2O4/c1-23-12-11-19-17(21)13-3-5-14(6-4-13)18(22)20-15-7-9-16(24-2)10-8-15/h3-10H,11-12H2,1-2H3,(H,19,21)(H,20,22). The van der Waals surface area contributed by atoms with Crippen LogP contribution >= 0.6 is 0 Å². The Bertz CT molecular complexity index is 681. The molecule has 0 spiro atoms. The Morgan fingerprint density at radius 2 is 1.46 bits per heavy atom. The first-order chi connectivity index (χ1) is 11.6. The fourth-order valence-corrected chi connectivity index (χ4v) is 2.02. The topological polar surface area (TPSA) is 76.7 Å². The van der Waals surface area contributed by atoms with Crippen molar-refractivity contribution in [1.82, 2.24) is 5.32 Å². The van der Waals surface area contributed by atoms with E-state index in [-0.39, 0.29) is 11.8 Å². The summed E-state index contributed by atoms with van der Waals surface area (Å²) in [5, 5.41) is 5.51. The summed E-state index contributed by atoms with van der Waals surface area (Å²) in [6.45, 7) is 0.892. The highest BCUT2D eigenvalue weighted by atomic mass is 16.5. The smallest absolute Gasteiger partial charge is 0.255 e. The van der Waals surface area contributed by atoms with E-state index in [1.54, 1.807) is 62.8 Å².